The lowest BCUT2D eigenvalue weighted by atomic mass is 9.43. The lowest BCUT2D eigenvalue weighted by Crippen LogP contribution is -2.62. The molecule has 1 aromatic rings. The Morgan fingerprint density at radius 2 is 1.83 bits per heavy atom. The van der Waals surface area contributed by atoms with Crippen LogP contribution in [0.25, 0.3) is 5.57 Å². The molecule has 0 aromatic heterocycles. The highest BCUT2D eigenvalue weighted by Crippen LogP contribution is 2.67. The summed E-state index contributed by atoms with van der Waals surface area (Å²) in [6.07, 6.45) is 15.0. The van der Waals surface area contributed by atoms with Crippen molar-refractivity contribution in [2.24, 2.45) is 34.5 Å². The summed E-state index contributed by atoms with van der Waals surface area (Å²) >= 11 is 0. The molecular weight excluding hydrogens is 508 g/mol. The van der Waals surface area contributed by atoms with Crippen LogP contribution in [0.3, 0.4) is 0 Å². The second-order valence-corrected chi connectivity index (χ2v) is 15.8. The van der Waals surface area contributed by atoms with Gasteiger partial charge in [-0.05, 0) is 130 Å². The molecule has 0 radical (unpaired) electrons. The van der Waals surface area contributed by atoms with Crippen LogP contribution in [0, 0.1) is 34.5 Å². The number of rotatable bonds is 0. The monoisotopic (exact) mass is 556 g/mol. The molecule has 9 rings (SSSR count). The van der Waals surface area contributed by atoms with Crippen LogP contribution < -0.4 is 15.0 Å². The molecule has 4 aliphatic heterocycles. The number of nitrogens with one attached hydrogen (secondary N) is 1. The summed E-state index contributed by atoms with van der Waals surface area (Å²) in [5.74, 6) is 4.29. The smallest absolute Gasteiger partial charge is 0.222 e. The highest BCUT2D eigenvalue weighted by atomic mass is 16.6. The SMILES string of the molecule is C[C@]12CC[C@]3(C[C@@H]1CC[C@@H]1[C@@H]2CC[C@]2(C)C(=O)CC[C@@H]12)NCCC1=C3C(O)Oc2c1cc1c3c2CCCN3CCC1. The fourth-order valence-corrected chi connectivity index (χ4v) is 12.4. The maximum atomic E-state index is 12.9. The Hall–Kier alpha value is -1.85. The molecule has 0 bridgehead atoms. The molecule has 1 spiro atoms. The van der Waals surface area contributed by atoms with Gasteiger partial charge < -0.3 is 20.1 Å². The molecule has 5 nitrogen and oxygen atoms in total. The zero-order chi connectivity index (χ0) is 27.7. The first kappa shape index (κ1) is 25.6. The fourth-order valence-electron chi connectivity index (χ4n) is 12.4. The second-order valence-electron chi connectivity index (χ2n) is 15.8. The van der Waals surface area contributed by atoms with E-state index in [1.165, 1.54) is 72.0 Å². The predicted octanol–water partition coefficient (Wildman–Crippen LogP) is 6.19. The topological polar surface area (TPSA) is 61.8 Å². The number of anilines is 1. The zero-order valence-electron chi connectivity index (χ0n) is 25.2. The minimum atomic E-state index is -0.848. The summed E-state index contributed by atoms with van der Waals surface area (Å²) in [5, 5.41) is 15.8. The van der Waals surface area contributed by atoms with E-state index in [-0.39, 0.29) is 11.0 Å². The number of nitrogens with zero attached hydrogens (tertiary/aromatic N) is 1. The third kappa shape index (κ3) is 3.29. The molecule has 4 heterocycles. The van der Waals surface area contributed by atoms with E-state index >= 15 is 0 Å². The Morgan fingerprint density at radius 1 is 0.976 bits per heavy atom. The van der Waals surface area contributed by atoms with Gasteiger partial charge in [-0.3, -0.25) is 4.79 Å². The van der Waals surface area contributed by atoms with Gasteiger partial charge in [0, 0.05) is 59.4 Å². The summed E-state index contributed by atoms with van der Waals surface area (Å²) in [5.41, 5.74) is 8.32. The summed E-state index contributed by atoms with van der Waals surface area (Å²) < 4.78 is 6.61. The van der Waals surface area contributed by atoms with Gasteiger partial charge in [0.25, 0.3) is 0 Å². The van der Waals surface area contributed by atoms with Crippen molar-refractivity contribution in [1.82, 2.24) is 5.32 Å². The quantitative estimate of drug-likeness (QED) is 0.399. The first-order chi connectivity index (χ1) is 19.8. The van der Waals surface area contributed by atoms with Crippen LogP contribution in [0.15, 0.2) is 11.6 Å². The van der Waals surface area contributed by atoms with Crippen molar-refractivity contribution in [3.8, 4) is 5.75 Å². The lowest BCUT2D eigenvalue weighted by Gasteiger charge is -2.63. The maximum absolute atomic E-state index is 12.9. The standard InChI is InChI=1S/C36H48N2O3/c1-34-14-15-36(20-22(34)7-8-24-27-9-10-29(39)35(27,2)13-11-28(24)34)30-23(12-16-37-36)26-19-21-5-3-17-38-18-4-6-25(31(21)38)32(26)41-33(30)40/h19,22,24,27-28,33,37,40H,3-18,20H2,1-2H3/t22-,24-,27-,28-,33?,34-,35-,36+/m0/s1. The van der Waals surface area contributed by atoms with E-state index in [1.54, 1.807) is 0 Å². The molecule has 1 aromatic carbocycles. The summed E-state index contributed by atoms with van der Waals surface area (Å²) in [4.78, 5) is 15.5. The molecular formula is C36H48N2O3. The first-order valence-corrected chi connectivity index (χ1v) is 17.1. The number of ether oxygens (including phenoxy) is 1. The number of carbonyl (C=O) groups excluding carboxylic acids is 1. The number of ketones is 1. The number of Topliss-reactive ketones (excluding diaryl/α,β-unsaturated/α-hetero) is 1. The van der Waals surface area contributed by atoms with Gasteiger partial charge in [-0.2, -0.15) is 0 Å². The average molecular weight is 557 g/mol. The Labute approximate surface area is 245 Å². The van der Waals surface area contributed by atoms with Gasteiger partial charge in [0.2, 0.25) is 6.29 Å². The molecule has 41 heavy (non-hydrogen) atoms. The van der Waals surface area contributed by atoms with Crippen molar-refractivity contribution in [3.05, 3.63) is 28.3 Å². The minimum absolute atomic E-state index is 0.0443. The molecule has 2 N–H and O–H groups in total. The van der Waals surface area contributed by atoms with Crippen LogP contribution in [-0.4, -0.2) is 42.4 Å². The van der Waals surface area contributed by atoms with Gasteiger partial charge in [0.05, 0.1) is 0 Å². The highest BCUT2D eigenvalue weighted by molar-refractivity contribution is 5.87. The van der Waals surface area contributed by atoms with Crippen molar-refractivity contribution in [2.45, 2.75) is 116 Å². The van der Waals surface area contributed by atoms with Crippen molar-refractivity contribution in [1.29, 1.82) is 0 Å². The van der Waals surface area contributed by atoms with Crippen molar-refractivity contribution in [3.63, 3.8) is 0 Å². The van der Waals surface area contributed by atoms with Crippen molar-refractivity contribution in [2.75, 3.05) is 24.5 Å². The van der Waals surface area contributed by atoms with Gasteiger partial charge in [-0.25, -0.2) is 0 Å². The highest BCUT2D eigenvalue weighted by Gasteiger charge is 2.62. The second kappa shape index (κ2) is 8.62. The van der Waals surface area contributed by atoms with Crippen molar-refractivity contribution < 1.29 is 14.6 Å². The van der Waals surface area contributed by atoms with E-state index in [4.69, 9.17) is 4.74 Å². The third-order valence-electron chi connectivity index (χ3n) is 14.4. The molecule has 4 saturated carbocycles. The van der Waals surface area contributed by atoms with E-state index in [2.05, 4.69) is 30.1 Å². The van der Waals surface area contributed by atoms with Crippen LogP contribution in [-0.2, 0) is 17.6 Å². The molecule has 4 fully saturated rings. The van der Waals surface area contributed by atoms with E-state index in [1.807, 2.05) is 0 Å². The average Bonchev–Trinajstić information content (AvgIpc) is 3.28. The molecule has 0 saturated heterocycles. The number of benzene rings is 1. The Balaban J connectivity index is 1.08. The van der Waals surface area contributed by atoms with Crippen LogP contribution >= 0.6 is 0 Å². The maximum Gasteiger partial charge on any atom is 0.222 e. The van der Waals surface area contributed by atoms with Crippen molar-refractivity contribution >= 4 is 17.0 Å². The third-order valence-corrected chi connectivity index (χ3v) is 14.4. The molecule has 5 heteroatoms. The number of hydrogen-bond acceptors (Lipinski definition) is 5. The number of aliphatic hydroxyl groups is 1. The van der Waals surface area contributed by atoms with Crippen LogP contribution in [0.4, 0.5) is 5.69 Å². The summed E-state index contributed by atoms with van der Waals surface area (Å²) in [6, 6.07) is 2.46. The first-order valence-electron chi connectivity index (χ1n) is 17.1. The van der Waals surface area contributed by atoms with E-state index in [9.17, 15) is 9.90 Å². The van der Waals surface area contributed by atoms with Gasteiger partial charge in [-0.1, -0.05) is 13.8 Å². The molecule has 0 amide bonds. The Bertz CT molecular complexity index is 1360. The van der Waals surface area contributed by atoms with E-state index < -0.39 is 6.29 Å². The van der Waals surface area contributed by atoms with Gasteiger partial charge in [0.1, 0.15) is 11.5 Å². The molecule has 1 unspecified atom stereocenters. The zero-order valence-corrected chi connectivity index (χ0v) is 25.2. The van der Waals surface area contributed by atoms with E-state index in [0.717, 1.165) is 88.6 Å². The van der Waals surface area contributed by atoms with Crippen LogP contribution in [0.1, 0.15) is 108 Å². The van der Waals surface area contributed by atoms with Gasteiger partial charge in [-0.15, -0.1) is 0 Å². The van der Waals surface area contributed by atoms with Crippen LogP contribution in [0.5, 0.6) is 5.75 Å². The molecule has 8 aliphatic rings. The molecule has 4 aliphatic carbocycles. The number of aryl methyl sites for hydroxylation is 1. The fraction of sp³-hybridized carbons (Fsp3) is 0.750. The number of aliphatic hydroxyl groups excluding tert-OH is 1. The van der Waals surface area contributed by atoms with Crippen LogP contribution in [0.2, 0.25) is 0 Å². The predicted molar refractivity (Wildman–Crippen MR) is 161 cm³/mol. The largest absolute Gasteiger partial charge is 0.460 e. The number of fused-ring (bicyclic) bond motifs is 9. The lowest BCUT2D eigenvalue weighted by molar-refractivity contribution is -0.141. The summed E-state index contributed by atoms with van der Waals surface area (Å²) in [6.45, 7) is 8.21. The molecule has 8 atom stereocenters. The molecule has 220 valence electrons. The van der Waals surface area contributed by atoms with Gasteiger partial charge in [0.15, 0.2) is 0 Å². The summed E-state index contributed by atoms with van der Waals surface area (Å²) in [7, 11) is 0. The normalized spacial score (nSPS) is 44.3. The van der Waals surface area contributed by atoms with E-state index in [0.29, 0.717) is 23.0 Å². The minimum Gasteiger partial charge on any atom is -0.460 e. The Kier molecular flexibility index (Phi) is 5.39. The number of carbonyl (C=O) groups is 1. The Morgan fingerprint density at radius 3 is 2.71 bits per heavy atom. The number of hydrogen-bond donors (Lipinski definition) is 2. The van der Waals surface area contributed by atoms with Gasteiger partial charge >= 0.3 is 0 Å².